The molecule has 0 saturated carbocycles. The zero-order valence-corrected chi connectivity index (χ0v) is 20.7. The van der Waals surface area contributed by atoms with Gasteiger partial charge in [-0.1, -0.05) is 18.2 Å². The number of nitrogens with zero attached hydrogens (tertiary/aromatic N) is 2. The molecule has 8 heteroatoms. The van der Waals surface area contributed by atoms with Crippen LogP contribution < -0.4 is 10.1 Å². The second-order valence-electron chi connectivity index (χ2n) is 9.13. The Morgan fingerprint density at radius 1 is 1.03 bits per heavy atom. The number of piperidine rings is 2. The molecular formula is C26H33N3O4S. The molecule has 0 bridgehead atoms. The third-order valence-corrected chi connectivity index (χ3v) is 7.89. The fraction of sp³-hybridized carbons (Fsp3) is 0.500. The summed E-state index contributed by atoms with van der Waals surface area (Å²) in [7, 11) is 1.56. The van der Waals surface area contributed by atoms with Crippen molar-refractivity contribution in [3.8, 4) is 5.75 Å². The van der Waals surface area contributed by atoms with Crippen LogP contribution in [-0.4, -0.2) is 66.3 Å². The summed E-state index contributed by atoms with van der Waals surface area (Å²) in [5, 5.41) is 4.92. The highest BCUT2D eigenvalue weighted by molar-refractivity contribution is 7.12. The number of amides is 3. The van der Waals surface area contributed by atoms with Crippen LogP contribution in [0.4, 0.5) is 0 Å². The van der Waals surface area contributed by atoms with Gasteiger partial charge in [-0.3, -0.25) is 14.4 Å². The highest BCUT2D eigenvalue weighted by Crippen LogP contribution is 2.28. The van der Waals surface area contributed by atoms with E-state index in [1.807, 2.05) is 33.4 Å². The average Bonchev–Trinajstić information content (AvgIpc) is 3.42. The lowest BCUT2D eigenvalue weighted by molar-refractivity contribution is -0.138. The van der Waals surface area contributed by atoms with Gasteiger partial charge in [0.2, 0.25) is 5.91 Å². The predicted octanol–water partition coefficient (Wildman–Crippen LogP) is 3.81. The summed E-state index contributed by atoms with van der Waals surface area (Å²) >= 11 is 1.37. The number of para-hydroxylation sites is 1. The summed E-state index contributed by atoms with van der Waals surface area (Å²) in [6, 6.07) is 10.4. The summed E-state index contributed by atoms with van der Waals surface area (Å²) in [4.78, 5) is 44.0. The molecular weight excluding hydrogens is 450 g/mol. The molecule has 3 heterocycles. The molecule has 2 unspecified atom stereocenters. The predicted molar refractivity (Wildman–Crippen MR) is 132 cm³/mol. The monoisotopic (exact) mass is 483 g/mol. The number of benzene rings is 1. The van der Waals surface area contributed by atoms with Crippen LogP contribution in [0.25, 0.3) is 0 Å². The molecule has 34 heavy (non-hydrogen) atoms. The maximum Gasteiger partial charge on any atom is 0.262 e. The third kappa shape index (κ3) is 5.27. The molecule has 2 aliphatic rings. The number of methoxy groups -OCH3 is 1. The summed E-state index contributed by atoms with van der Waals surface area (Å²) in [6.07, 6.45) is 4.42. The van der Waals surface area contributed by atoms with Crippen molar-refractivity contribution in [1.82, 2.24) is 15.1 Å². The lowest BCUT2D eigenvalue weighted by Gasteiger charge is -2.40. The van der Waals surface area contributed by atoms with Crippen molar-refractivity contribution < 1.29 is 19.1 Å². The van der Waals surface area contributed by atoms with E-state index in [-0.39, 0.29) is 29.7 Å². The van der Waals surface area contributed by atoms with Crippen LogP contribution in [-0.2, 0) is 4.79 Å². The van der Waals surface area contributed by atoms with Crippen molar-refractivity contribution >= 4 is 29.1 Å². The van der Waals surface area contributed by atoms with E-state index in [0.29, 0.717) is 42.1 Å². The number of carbonyl (C=O) groups excluding carboxylic acids is 3. The highest BCUT2D eigenvalue weighted by Gasteiger charge is 2.38. The smallest absolute Gasteiger partial charge is 0.262 e. The zero-order valence-electron chi connectivity index (χ0n) is 19.9. The lowest BCUT2D eigenvalue weighted by atomic mass is 9.87. The van der Waals surface area contributed by atoms with E-state index in [1.165, 1.54) is 11.3 Å². The molecule has 0 radical (unpaired) electrons. The van der Waals surface area contributed by atoms with Gasteiger partial charge in [-0.25, -0.2) is 0 Å². The Bertz CT molecular complexity index is 1000. The second kappa shape index (κ2) is 11.0. The standard InChI is InChI=1S/C26H33N3O4S/c1-18-8-5-6-14-29(18)26(32)23(27-24(30)22-11-7-17-34-22)19-12-15-28(16-13-19)25(31)20-9-3-4-10-21(20)33-2/h3-4,7,9-11,17-19,23H,5-6,8,12-16H2,1-2H3,(H,27,30). The van der Waals surface area contributed by atoms with Crippen molar-refractivity contribution in [2.24, 2.45) is 5.92 Å². The molecule has 1 aromatic heterocycles. The molecule has 1 N–H and O–H groups in total. The molecule has 4 rings (SSSR count). The Morgan fingerprint density at radius 3 is 2.47 bits per heavy atom. The van der Waals surface area contributed by atoms with Crippen LogP contribution in [0, 0.1) is 5.92 Å². The highest BCUT2D eigenvalue weighted by atomic mass is 32.1. The van der Waals surface area contributed by atoms with E-state index in [1.54, 1.807) is 25.3 Å². The SMILES string of the molecule is COc1ccccc1C(=O)N1CCC(C(NC(=O)c2cccs2)C(=O)N2CCCCC2C)CC1. The molecule has 7 nitrogen and oxygen atoms in total. The van der Waals surface area contributed by atoms with Gasteiger partial charge in [-0.15, -0.1) is 11.3 Å². The Labute approximate surface area is 205 Å². The first-order chi connectivity index (χ1) is 16.5. The van der Waals surface area contributed by atoms with Gasteiger partial charge in [-0.05, 0) is 68.5 Å². The summed E-state index contributed by atoms with van der Waals surface area (Å²) in [6.45, 7) is 3.89. The van der Waals surface area contributed by atoms with Gasteiger partial charge in [-0.2, -0.15) is 0 Å². The van der Waals surface area contributed by atoms with Crippen LogP contribution >= 0.6 is 11.3 Å². The van der Waals surface area contributed by atoms with E-state index in [9.17, 15) is 14.4 Å². The summed E-state index contributed by atoms with van der Waals surface area (Å²) in [5.74, 6) is 0.278. The number of ether oxygens (including phenoxy) is 1. The average molecular weight is 484 g/mol. The molecule has 0 aliphatic carbocycles. The second-order valence-corrected chi connectivity index (χ2v) is 10.1. The molecule has 2 fully saturated rings. The summed E-state index contributed by atoms with van der Waals surface area (Å²) < 4.78 is 5.36. The minimum absolute atomic E-state index is 0.00612. The zero-order chi connectivity index (χ0) is 24.1. The molecule has 1 aromatic carbocycles. The van der Waals surface area contributed by atoms with Crippen molar-refractivity contribution in [3.05, 3.63) is 52.2 Å². The number of thiophene rings is 1. The van der Waals surface area contributed by atoms with Crippen molar-refractivity contribution in [3.63, 3.8) is 0 Å². The van der Waals surface area contributed by atoms with Crippen molar-refractivity contribution in [2.75, 3.05) is 26.7 Å². The van der Waals surface area contributed by atoms with Gasteiger partial charge in [0.15, 0.2) is 0 Å². The maximum atomic E-state index is 13.7. The Balaban J connectivity index is 1.47. The van der Waals surface area contributed by atoms with Gasteiger partial charge in [0.05, 0.1) is 17.6 Å². The summed E-state index contributed by atoms with van der Waals surface area (Å²) in [5.41, 5.74) is 0.546. The van der Waals surface area contributed by atoms with E-state index in [2.05, 4.69) is 12.2 Å². The normalized spacial score (nSPS) is 20.0. The van der Waals surface area contributed by atoms with Crippen LogP contribution in [0.15, 0.2) is 41.8 Å². The number of rotatable bonds is 6. The first-order valence-electron chi connectivity index (χ1n) is 12.1. The van der Waals surface area contributed by atoms with E-state index in [4.69, 9.17) is 4.74 Å². The quantitative estimate of drug-likeness (QED) is 0.678. The van der Waals surface area contributed by atoms with Gasteiger partial charge in [0, 0.05) is 25.7 Å². The minimum atomic E-state index is -0.585. The molecule has 182 valence electrons. The lowest BCUT2D eigenvalue weighted by Crippen LogP contribution is -2.57. The first-order valence-corrected chi connectivity index (χ1v) is 12.9. The Morgan fingerprint density at radius 2 is 1.79 bits per heavy atom. The fourth-order valence-electron chi connectivity index (χ4n) is 5.03. The number of likely N-dealkylation sites (tertiary alicyclic amines) is 2. The molecule has 2 aliphatic heterocycles. The number of hydrogen-bond acceptors (Lipinski definition) is 5. The molecule has 2 atom stereocenters. The molecule has 3 amide bonds. The Kier molecular flexibility index (Phi) is 7.88. The minimum Gasteiger partial charge on any atom is -0.496 e. The molecule has 0 spiro atoms. The number of carbonyl (C=O) groups is 3. The molecule has 2 saturated heterocycles. The number of nitrogens with one attached hydrogen (secondary N) is 1. The number of hydrogen-bond donors (Lipinski definition) is 1. The fourth-order valence-corrected chi connectivity index (χ4v) is 5.66. The Hall–Kier alpha value is -2.87. The van der Waals surface area contributed by atoms with E-state index < -0.39 is 6.04 Å². The van der Waals surface area contributed by atoms with Crippen LogP contribution in [0.2, 0.25) is 0 Å². The molecule has 2 aromatic rings. The van der Waals surface area contributed by atoms with Crippen molar-refractivity contribution in [2.45, 2.75) is 51.1 Å². The van der Waals surface area contributed by atoms with Crippen LogP contribution in [0.5, 0.6) is 5.75 Å². The van der Waals surface area contributed by atoms with Crippen LogP contribution in [0.3, 0.4) is 0 Å². The van der Waals surface area contributed by atoms with Gasteiger partial charge < -0.3 is 19.9 Å². The van der Waals surface area contributed by atoms with Gasteiger partial charge >= 0.3 is 0 Å². The largest absolute Gasteiger partial charge is 0.496 e. The third-order valence-electron chi connectivity index (χ3n) is 7.02. The van der Waals surface area contributed by atoms with Gasteiger partial charge in [0.25, 0.3) is 11.8 Å². The van der Waals surface area contributed by atoms with E-state index >= 15 is 0 Å². The van der Waals surface area contributed by atoms with E-state index in [0.717, 1.165) is 25.8 Å². The maximum absolute atomic E-state index is 13.7. The topological polar surface area (TPSA) is 79.0 Å². The van der Waals surface area contributed by atoms with Crippen molar-refractivity contribution in [1.29, 1.82) is 0 Å². The van der Waals surface area contributed by atoms with Gasteiger partial charge in [0.1, 0.15) is 11.8 Å². The first kappa shape index (κ1) is 24.3. The van der Waals surface area contributed by atoms with Crippen LogP contribution in [0.1, 0.15) is 59.1 Å².